The number of nitrogens with two attached hydrogens (primary N) is 5. The number of aliphatic hydroxyl groups is 2. The predicted octanol–water partition coefficient (Wildman–Crippen LogP) is 19.2. The van der Waals surface area contributed by atoms with Crippen molar-refractivity contribution in [2.45, 2.75) is 171 Å². The summed E-state index contributed by atoms with van der Waals surface area (Å²) in [6.45, 7) is 30.7. The molecule has 1 saturated carbocycles. The number of fused-ring (bicyclic) bond motifs is 5. The average molecular weight is 1860 g/mol. The van der Waals surface area contributed by atoms with Crippen LogP contribution >= 0.6 is 23.2 Å². The smallest absolute Gasteiger partial charge is 0.177 e. The molecule has 0 radical (unpaired) electrons. The van der Waals surface area contributed by atoms with Gasteiger partial charge in [0.1, 0.15) is 115 Å². The first kappa shape index (κ1) is 91.4. The summed E-state index contributed by atoms with van der Waals surface area (Å²) in [5.41, 5.74) is 45.8. The molecule has 1 aliphatic rings. The highest BCUT2D eigenvalue weighted by Gasteiger charge is 2.39. The number of nitrogen functional groups attached to an aromatic ring is 5. The van der Waals surface area contributed by atoms with Gasteiger partial charge in [-0.25, -0.2) is 24.9 Å². The van der Waals surface area contributed by atoms with Gasteiger partial charge in [0, 0.05) is 98.3 Å². The summed E-state index contributed by atoms with van der Waals surface area (Å²) in [5.74, 6) is 5.12. The number of hydrogen-bond donors (Lipinski definition) is 7. The lowest BCUT2D eigenvalue weighted by molar-refractivity contribution is 0.0479. The fourth-order valence-corrected chi connectivity index (χ4v) is 16.7. The minimum Gasteiger partial charge on any atom is -0.383 e. The largest absolute Gasteiger partial charge is 0.383 e. The van der Waals surface area contributed by atoms with Crippen molar-refractivity contribution in [3.63, 3.8) is 0 Å². The Hall–Kier alpha value is -15.5. The molecule has 20 aromatic heterocycles. The number of aryl methyl sites for hydroxylation is 3. The van der Waals surface area contributed by atoms with Gasteiger partial charge in [-0.15, -0.1) is 0 Å². The van der Waals surface area contributed by atoms with Gasteiger partial charge < -0.3 is 61.5 Å². The van der Waals surface area contributed by atoms with E-state index in [0.717, 1.165) is 85.1 Å². The fourth-order valence-electron chi connectivity index (χ4n) is 16.3. The Labute approximate surface area is 782 Å². The Kier molecular flexibility index (Phi) is 24.7. The van der Waals surface area contributed by atoms with E-state index in [1.165, 1.54) is 12.4 Å². The Morgan fingerprint density at radius 2 is 0.659 bits per heavy atom. The highest BCUT2D eigenvalue weighted by Crippen LogP contribution is 2.51. The molecule has 1 fully saturated rings. The van der Waals surface area contributed by atoms with Crippen molar-refractivity contribution in [3.05, 3.63) is 198 Å². The van der Waals surface area contributed by atoms with Gasteiger partial charge in [-0.05, 0) is 190 Å². The molecular formula is C95H99Cl2N31O7. The molecule has 20 aromatic rings. The van der Waals surface area contributed by atoms with E-state index in [2.05, 4.69) is 103 Å². The molecule has 690 valence electrons. The second-order valence-corrected chi connectivity index (χ2v) is 35.8. The van der Waals surface area contributed by atoms with Crippen molar-refractivity contribution in [1.29, 1.82) is 0 Å². The number of nitrogens with zero attached hydrogens (tertiary/aromatic N) is 26. The molecule has 0 amide bonds. The summed E-state index contributed by atoms with van der Waals surface area (Å²) < 4.78 is 39.0. The molecule has 38 nitrogen and oxygen atoms in total. The normalized spacial score (nSPS) is 12.4. The molecule has 0 unspecified atom stereocenters. The Morgan fingerprint density at radius 1 is 0.356 bits per heavy atom. The lowest BCUT2D eigenvalue weighted by atomic mass is 9.96. The summed E-state index contributed by atoms with van der Waals surface area (Å²) in [5, 5.41) is 75.4. The molecule has 1 aliphatic carbocycles. The van der Waals surface area contributed by atoms with Crippen LogP contribution < -0.4 is 28.7 Å². The standard InChI is InChI=1S/C20H21ClN6O2.C20H22N6O2.C19H21N7O.C18H17ClN6O.C18H18N6O/c1-10(2)27-17-11(21)9-24-19(22)14(17)15(25-27)16-13(12-7-5-6-8-23-12)18(29-26-16)20(3,4)28;1-11(2)26-13-8-10-23-19(21)15(13)16(24-26)17-14(12-7-5-6-9-22-12)18(28-25-17)20(3,4)27;1-10(2)26-13-6-7-21-19(20)15(13)16(23-26)17-14(12-8-22-25(3)9-12)18(27-24-17)11-4-5-11;1-9(2)25-17-11(19)8-22-18(20)14(17)15(23-25)16-13(10(3)26-24-16)12-6-4-5-7-21-12;1-10(2)24-13-7-9-21-18(19)15(13)16(22-24)17-14(11(3)25-23-17)12-6-4-5-8-20-12/h5-10,28H,1-4H3,(H2,22,24);5-11,27H,1-4H3,(H2,21,23);6-11H,4-5H2,1-3H3,(H2,20,21);4-9H,1-3H3,(H2,20,22);4-10H,1-3H3,(H2,19,21). The van der Waals surface area contributed by atoms with E-state index in [0.29, 0.717) is 158 Å². The molecule has 12 N–H and O–H groups in total. The molecule has 40 heteroatoms. The SMILES string of the molecule is CC(C)n1nc(-c2noc(C(C)(C)O)c2-c2ccccn2)c2c(N)ncc(Cl)c21.CC(C)n1nc(-c2noc(C(C)(C)O)c2-c2ccccn2)c2c(N)nccc21.CC(C)n1nc(-c2noc(C3CC3)c2-c2cnn(C)c2)c2c(N)nccc21.Cc1onc(-c2nn(C(C)C)c3c(Cl)cnc(N)c23)c1-c1ccccn1.Cc1onc(-c2nn(C(C)C)c3ccnc(N)c23)c1-c1ccccn1. The van der Waals surface area contributed by atoms with Gasteiger partial charge in [0.2, 0.25) is 0 Å². The summed E-state index contributed by atoms with van der Waals surface area (Å²) >= 11 is 12.8. The maximum absolute atomic E-state index is 10.7. The molecule has 0 aromatic carbocycles. The fraction of sp³-hybridized carbons (Fsp3) is 0.284. The Bertz CT molecular complexity index is 7730. The van der Waals surface area contributed by atoms with E-state index in [9.17, 15) is 10.2 Å². The lowest BCUT2D eigenvalue weighted by Crippen LogP contribution is -2.15. The van der Waals surface area contributed by atoms with Crippen LogP contribution in [-0.4, -0.2) is 140 Å². The second-order valence-electron chi connectivity index (χ2n) is 35.0. The number of halogens is 2. The topological polar surface area (TPSA) is 524 Å². The van der Waals surface area contributed by atoms with Crippen LogP contribution in [0.4, 0.5) is 29.1 Å². The van der Waals surface area contributed by atoms with Gasteiger partial charge in [0.25, 0.3) is 0 Å². The predicted molar refractivity (Wildman–Crippen MR) is 516 cm³/mol. The number of hydrogen-bond acceptors (Lipinski definition) is 32. The van der Waals surface area contributed by atoms with Gasteiger partial charge in [-0.2, -0.15) is 30.6 Å². The van der Waals surface area contributed by atoms with Crippen LogP contribution in [0.15, 0.2) is 182 Å². The van der Waals surface area contributed by atoms with E-state index in [4.69, 9.17) is 100.0 Å². The van der Waals surface area contributed by atoms with Crippen molar-refractivity contribution >= 4 is 107 Å². The average Bonchev–Trinajstić information content (AvgIpc) is 1.59. The molecule has 0 saturated heterocycles. The number of rotatable bonds is 18. The van der Waals surface area contributed by atoms with E-state index in [-0.39, 0.29) is 41.8 Å². The highest BCUT2D eigenvalue weighted by atomic mass is 35.5. The molecule has 135 heavy (non-hydrogen) atoms. The first-order chi connectivity index (χ1) is 64.6. The van der Waals surface area contributed by atoms with E-state index < -0.39 is 11.2 Å². The molecule has 0 aliphatic heterocycles. The number of pyridine rings is 9. The first-order valence-corrected chi connectivity index (χ1v) is 44.4. The second kappa shape index (κ2) is 36.6. The van der Waals surface area contributed by atoms with Crippen LogP contribution in [0.3, 0.4) is 0 Å². The van der Waals surface area contributed by atoms with Crippen molar-refractivity contribution in [2.75, 3.05) is 28.7 Å². The molecule has 21 rings (SSSR count). The molecular weight excluding hydrogens is 1760 g/mol. The summed E-state index contributed by atoms with van der Waals surface area (Å²) in [7, 11) is 1.90. The van der Waals surface area contributed by atoms with Crippen LogP contribution in [-0.2, 0) is 18.2 Å². The number of anilines is 5. The summed E-state index contributed by atoms with van der Waals surface area (Å²) in [4.78, 5) is 38.8. The zero-order chi connectivity index (χ0) is 95.7. The third kappa shape index (κ3) is 17.2. The van der Waals surface area contributed by atoms with E-state index in [1.54, 1.807) is 80.4 Å². The lowest BCUT2D eigenvalue weighted by Gasteiger charge is -2.15. The van der Waals surface area contributed by atoms with Gasteiger partial charge in [0.05, 0.1) is 134 Å². The molecule has 0 spiro atoms. The Balaban J connectivity index is 0.000000117. The molecule has 20 heterocycles. The zero-order valence-corrected chi connectivity index (χ0v) is 78.6. The van der Waals surface area contributed by atoms with Crippen molar-refractivity contribution in [1.82, 2.24) is 129 Å². The van der Waals surface area contributed by atoms with Crippen LogP contribution in [0.2, 0.25) is 10.0 Å². The summed E-state index contributed by atoms with van der Waals surface area (Å²) in [6.07, 6.45) is 21.0. The highest BCUT2D eigenvalue weighted by molar-refractivity contribution is 6.36. The van der Waals surface area contributed by atoms with Crippen molar-refractivity contribution in [3.8, 4) is 113 Å². The van der Waals surface area contributed by atoms with Crippen molar-refractivity contribution in [2.24, 2.45) is 7.05 Å². The summed E-state index contributed by atoms with van der Waals surface area (Å²) in [6, 6.07) is 28.7. The third-order valence-electron chi connectivity index (χ3n) is 22.5. The third-order valence-corrected chi connectivity index (χ3v) is 23.1. The van der Waals surface area contributed by atoms with Crippen molar-refractivity contribution < 1.29 is 32.8 Å². The minimum atomic E-state index is -1.28. The van der Waals surface area contributed by atoms with Crippen LogP contribution in [0.5, 0.6) is 0 Å². The Morgan fingerprint density at radius 3 is 0.970 bits per heavy atom. The van der Waals surface area contributed by atoms with E-state index >= 15 is 0 Å². The monoisotopic (exact) mass is 1860 g/mol. The maximum Gasteiger partial charge on any atom is 0.177 e. The van der Waals surface area contributed by atoms with Crippen LogP contribution in [0, 0.1) is 13.8 Å². The number of aromatic nitrogens is 26. The van der Waals surface area contributed by atoms with Gasteiger partial charge in [0.15, 0.2) is 11.5 Å². The van der Waals surface area contributed by atoms with E-state index in [1.807, 2.05) is 185 Å². The maximum atomic E-state index is 10.7. The van der Waals surface area contributed by atoms with Gasteiger partial charge in [-0.1, -0.05) is 73.3 Å². The minimum absolute atomic E-state index is 0.0181. The zero-order valence-electron chi connectivity index (χ0n) is 77.1. The van der Waals surface area contributed by atoms with Crippen LogP contribution in [0.1, 0.15) is 175 Å². The quantitative estimate of drug-likeness (QED) is 0.0419. The van der Waals surface area contributed by atoms with Crippen LogP contribution in [0.25, 0.3) is 168 Å². The first-order valence-electron chi connectivity index (χ1n) is 43.7. The van der Waals surface area contributed by atoms with Gasteiger partial charge >= 0.3 is 0 Å². The van der Waals surface area contributed by atoms with Gasteiger partial charge in [-0.3, -0.25) is 48.0 Å². The molecule has 0 bridgehead atoms. The molecule has 0 atom stereocenters.